The highest BCUT2D eigenvalue weighted by Crippen LogP contribution is 2.54. The Balaban J connectivity index is 6.25. The standard InChI is InChI=1S/C20H38O4/c1-14(2)12-20(15(21)22,16(23)24)19(9,13-18(6,7)8)11-10-17(3,4)5/h14H,10-13H2,1-9H3,(H,21,22)(H,23,24). The van der Waals surface area contributed by atoms with Gasteiger partial charge in [0.2, 0.25) is 0 Å². The second-order valence-electron chi connectivity index (χ2n) is 10.5. The predicted molar refractivity (Wildman–Crippen MR) is 98.0 cm³/mol. The van der Waals surface area contributed by atoms with E-state index in [-0.39, 0.29) is 23.2 Å². The highest BCUT2D eigenvalue weighted by molar-refractivity contribution is 5.99. The van der Waals surface area contributed by atoms with E-state index in [0.717, 1.165) is 6.42 Å². The van der Waals surface area contributed by atoms with Crippen molar-refractivity contribution in [3.63, 3.8) is 0 Å². The van der Waals surface area contributed by atoms with Crippen molar-refractivity contribution in [1.29, 1.82) is 0 Å². The van der Waals surface area contributed by atoms with Gasteiger partial charge in [0.15, 0.2) is 5.41 Å². The average molecular weight is 343 g/mol. The molecule has 0 radical (unpaired) electrons. The minimum absolute atomic E-state index is 0.00821. The molecule has 24 heavy (non-hydrogen) atoms. The van der Waals surface area contributed by atoms with Crippen LogP contribution in [-0.2, 0) is 9.59 Å². The third-order valence-corrected chi connectivity index (χ3v) is 4.82. The first-order valence-corrected chi connectivity index (χ1v) is 8.94. The smallest absolute Gasteiger partial charge is 0.321 e. The van der Waals surface area contributed by atoms with Crippen molar-refractivity contribution in [3.8, 4) is 0 Å². The maximum atomic E-state index is 12.3. The van der Waals surface area contributed by atoms with Crippen molar-refractivity contribution in [2.75, 3.05) is 0 Å². The SMILES string of the molecule is CC(C)CC(C(=O)O)(C(=O)O)C(C)(CCC(C)(C)C)CC(C)(C)C. The van der Waals surface area contributed by atoms with Gasteiger partial charge in [0.25, 0.3) is 0 Å². The Morgan fingerprint density at radius 1 is 0.792 bits per heavy atom. The van der Waals surface area contributed by atoms with Crippen LogP contribution in [0.1, 0.15) is 88.0 Å². The second-order valence-corrected chi connectivity index (χ2v) is 10.5. The molecule has 4 nitrogen and oxygen atoms in total. The Morgan fingerprint density at radius 2 is 1.21 bits per heavy atom. The summed E-state index contributed by atoms with van der Waals surface area (Å²) in [4.78, 5) is 24.5. The molecule has 0 saturated heterocycles. The molecule has 0 aromatic rings. The molecule has 0 aliphatic heterocycles. The van der Waals surface area contributed by atoms with E-state index in [4.69, 9.17) is 0 Å². The summed E-state index contributed by atoms with van der Waals surface area (Å²) in [6.45, 7) is 18.1. The Kier molecular flexibility index (Phi) is 7.12. The lowest BCUT2D eigenvalue weighted by Crippen LogP contribution is -2.54. The third kappa shape index (κ3) is 5.78. The Hall–Kier alpha value is -1.06. The fourth-order valence-corrected chi connectivity index (χ4v) is 3.92. The topological polar surface area (TPSA) is 74.6 Å². The van der Waals surface area contributed by atoms with Gasteiger partial charge >= 0.3 is 11.9 Å². The molecule has 0 amide bonds. The Morgan fingerprint density at radius 3 is 1.46 bits per heavy atom. The van der Waals surface area contributed by atoms with E-state index in [1.807, 2.05) is 41.5 Å². The molecule has 0 rings (SSSR count). The molecule has 2 N–H and O–H groups in total. The van der Waals surface area contributed by atoms with Crippen molar-refractivity contribution in [2.45, 2.75) is 88.0 Å². The van der Waals surface area contributed by atoms with Crippen molar-refractivity contribution >= 4 is 11.9 Å². The van der Waals surface area contributed by atoms with Gasteiger partial charge in [-0.25, -0.2) is 0 Å². The van der Waals surface area contributed by atoms with Crippen LogP contribution in [0, 0.1) is 27.6 Å². The number of rotatable bonds is 8. The Labute approximate surface area is 148 Å². The number of carboxylic acid groups (broad SMARTS) is 2. The zero-order valence-electron chi connectivity index (χ0n) is 17.1. The molecule has 0 aromatic heterocycles. The molecule has 4 heteroatoms. The molecule has 0 bridgehead atoms. The molecule has 0 aliphatic rings. The summed E-state index contributed by atoms with van der Waals surface area (Å²) in [5.74, 6) is -2.42. The summed E-state index contributed by atoms with van der Waals surface area (Å²) in [7, 11) is 0. The molecule has 0 saturated carbocycles. The van der Waals surface area contributed by atoms with Gasteiger partial charge in [-0.3, -0.25) is 9.59 Å². The van der Waals surface area contributed by atoms with E-state index < -0.39 is 22.8 Å². The van der Waals surface area contributed by atoms with Gasteiger partial charge in [0.1, 0.15) is 0 Å². The van der Waals surface area contributed by atoms with Crippen LogP contribution in [0.2, 0.25) is 0 Å². The first-order valence-electron chi connectivity index (χ1n) is 8.94. The summed E-state index contributed by atoms with van der Waals surface area (Å²) in [6.07, 6.45) is 2.08. The van der Waals surface area contributed by atoms with Crippen LogP contribution in [0.25, 0.3) is 0 Å². The van der Waals surface area contributed by atoms with Crippen molar-refractivity contribution in [2.24, 2.45) is 27.6 Å². The van der Waals surface area contributed by atoms with Crippen LogP contribution in [0.5, 0.6) is 0 Å². The first kappa shape index (κ1) is 22.9. The van der Waals surface area contributed by atoms with Gasteiger partial charge in [0.05, 0.1) is 0 Å². The number of carbonyl (C=O) groups is 2. The molecule has 1 unspecified atom stereocenters. The van der Waals surface area contributed by atoms with E-state index >= 15 is 0 Å². The highest BCUT2D eigenvalue weighted by Gasteiger charge is 2.60. The molecule has 0 aromatic carbocycles. The van der Waals surface area contributed by atoms with Crippen LogP contribution in [0.3, 0.4) is 0 Å². The highest BCUT2D eigenvalue weighted by atomic mass is 16.4. The summed E-state index contributed by atoms with van der Waals surface area (Å²) >= 11 is 0. The molecule has 142 valence electrons. The van der Waals surface area contributed by atoms with E-state index in [1.54, 1.807) is 0 Å². The summed E-state index contributed by atoms with van der Waals surface area (Å²) in [6, 6.07) is 0. The van der Waals surface area contributed by atoms with Crippen LogP contribution < -0.4 is 0 Å². The van der Waals surface area contributed by atoms with E-state index in [1.165, 1.54) is 0 Å². The van der Waals surface area contributed by atoms with Crippen LogP contribution in [-0.4, -0.2) is 22.2 Å². The third-order valence-electron chi connectivity index (χ3n) is 4.82. The van der Waals surface area contributed by atoms with E-state index in [0.29, 0.717) is 12.8 Å². The zero-order chi connectivity index (χ0) is 19.6. The van der Waals surface area contributed by atoms with Gasteiger partial charge in [-0.2, -0.15) is 0 Å². The summed E-state index contributed by atoms with van der Waals surface area (Å²) in [5.41, 5.74) is -2.71. The lowest BCUT2D eigenvalue weighted by Gasteiger charge is -2.48. The van der Waals surface area contributed by atoms with Crippen LogP contribution >= 0.6 is 0 Å². The molecule has 1 atom stereocenters. The van der Waals surface area contributed by atoms with Gasteiger partial charge in [-0.1, -0.05) is 62.3 Å². The van der Waals surface area contributed by atoms with Gasteiger partial charge in [-0.05, 0) is 47.8 Å². The summed E-state index contributed by atoms with van der Waals surface area (Å²) < 4.78 is 0. The Bertz CT molecular complexity index is 437. The molecule has 0 fully saturated rings. The normalized spacial score (nSPS) is 16.1. The number of carboxylic acids is 2. The monoisotopic (exact) mass is 342 g/mol. The fraction of sp³-hybridized carbons (Fsp3) is 0.900. The summed E-state index contributed by atoms with van der Waals surface area (Å²) in [5, 5.41) is 20.0. The minimum atomic E-state index is -1.76. The van der Waals surface area contributed by atoms with Gasteiger partial charge in [0, 0.05) is 0 Å². The zero-order valence-corrected chi connectivity index (χ0v) is 17.1. The largest absolute Gasteiger partial charge is 0.480 e. The second kappa shape index (κ2) is 7.45. The quantitative estimate of drug-likeness (QED) is 0.575. The maximum Gasteiger partial charge on any atom is 0.321 e. The number of hydrogen-bond donors (Lipinski definition) is 2. The fourth-order valence-electron chi connectivity index (χ4n) is 3.92. The lowest BCUT2D eigenvalue weighted by atomic mass is 9.54. The first-order chi connectivity index (χ1) is 10.5. The van der Waals surface area contributed by atoms with Gasteiger partial charge in [-0.15, -0.1) is 0 Å². The van der Waals surface area contributed by atoms with Crippen LogP contribution in [0.4, 0.5) is 0 Å². The predicted octanol–water partition coefficient (Wildman–Crippen LogP) is 5.46. The van der Waals surface area contributed by atoms with E-state index in [9.17, 15) is 19.8 Å². The van der Waals surface area contributed by atoms with Crippen molar-refractivity contribution in [1.82, 2.24) is 0 Å². The maximum absolute atomic E-state index is 12.3. The molecule has 0 heterocycles. The van der Waals surface area contributed by atoms with Crippen molar-refractivity contribution in [3.05, 3.63) is 0 Å². The molecule has 0 spiro atoms. The number of hydrogen-bond acceptors (Lipinski definition) is 2. The van der Waals surface area contributed by atoms with Crippen molar-refractivity contribution < 1.29 is 19.8 Å². The van der Waals surface area contributed by atoms with Gasteiger partial charge < -0.3 is 10.2 Å². The molecular weight excluding hydrogens is 304 g/mol. The van der Waals surface area contributed by atoms with E-state index in [2.05, 4.69) is 20.8 Å². The molecular formula is C20H38O4. The van der Waals surface area contributed by atoms with Crippen LogP contribution in [0.15, 0.2) is 0 Å². The average Bonchev–Trinajstić information content (AvgIpc) is 2.29. The lowest BCUT2D eigenvalue weighted by molar-refractivity contribution is -0.181. The molecule has 0 aliphatic carbocycles. The minimum Gasteiger partial charge on any atom is -0.480 e. The number of aliphatic carboxylic acids is 2.